The van der Waals surface area contributed by atoms with Crippen LogP contribution in [0, 0.1) is 0 Å². The van der Waals surface area contributed by atoms with Gasteiger partial charge in [-0.25, -0.2) is 0 Å². The van der Waals surface area contributed by atoms with Crippen LogP contribution in [0.15, 0.2) is 0 Å². The Labute approximate surface area is 122 Å². The molecule has 0 aromatic heterocycles. The highest BCUT2D eigenvalue weighted by molar-refractivity contribution is 7.87. The van der Waals surface area contributed by atoms with Gasteiger partial charge in [0.2, 0.25) is 5.91 Å². The summed E-state index contributed by atoms with van der Waals surface area (Å²) in [5.74, 6) is -0.314. The summed E-state index contributed by atoms with van der Waals surface area (Å²) in [4.78, 5) is 11.9. The summed E-state index contributed by atoms with van der Waals surface area (Å²) in [6.45, 7) is 9.56. The normalized spacial score (nSPS) is 23.4. The maximum Gasteiger partial charge on any atom is 0.280 e. The number of nitrogens with zero attached hydrogens (tertiary/aromatic N) is 1. The number of rotatable bonds is 4. The fourth-order valence-electron chi connectivity index (χ4n) is 2.25. The van der Waals surface area contributed by atoms with Gasteiger partial charge in [-0.3, -0.25) is 4.79 Å². The number of nitrogens with one attached hydrogen (secondary N) is 2. The molecular weight excluding hydrogens is 278 g/mol. The lowest BCUT2D eigenvalue weighted by molar-refractivity contribution is -0.123. The van der Waals surface area contributed by atoms with Crippen molar-refractivity contribution in [3.8, 4) is 0 Å². The van der Waals surface area contributed by atoms with E-state index in [4.69, 9.17) is 0 Å². The minimum Gasteiger partial charge on any atom is -0.350 e. The van der Waals surface area contributed by atoms with Crippen molar-refractivity contribution in [2.45, 2.75) is 71.5 Å². The summed E-state index contributed by atoms with van der Waals surface area (Å²) in [7, 11) is -3.61. The Hall–Kier alpha value is -0.660. The smallest absolute Gasteiger partial charge is 0.280 e. The fourth-order valence-corrected chi connectivity index (χ4v) is 3.89. The lowest BCUT2D eigenvalue weighted by Gasteiger charge is -2.33. The van der Waals surface area contributed by atoms with Gasteiger partial charge in [0.1, 0.15) is 0 Å². The zero-order valence-electron chi connectivity index (χ0n) is 13.1. The Balaban J connectivity index is 2.68. The Morgan fingerprint density at radius 1 is 1.30 bits per heavy atom. The first-order chi connectivity index (χ1) is 9.03. The molecule has 0 aliphatic carbocycles. The van der Waals surface area contributed by atoms with Gasteiger partial charge in [0.25, 0.3) is 10.2 Å². The quantitative estimate of drug-likeness (QED) is 0.813. The molecule has 0 spiro atoms. The highest BCUT2D eigenvalue weighted by Crippen LogP contribution is 2.19. The van der Waals surface area contributed by atoms with E-state index in [1.54, 1.807) is 6.92 Å². The highest BCUT2D eigenvalue weighted by atomic mass is 32.2. The van der Waals surface area contributed by atoms with E-state index in [0.717, 1.165) is 19.3 Å². The zero-order valence-corrected chi connectivity index (χ0v) is 13.9. The highest BCUT2D eigenvalue weighted by Gasteiger charge is 2.32. The molecule has 1 aliphatic rings. The molecular formula is C13H27N3O3S. The molecule has 0 bridgehead atoms. The fraction of sp³-hybridized carbons (Fsp3) is 0.923. The van der Waals surface area contributed by atoms with E-state index < -0.39 is 16.3 Å². The van der Waals surface area contributed by atoms with Crippen LogP contribution in [0.3, 0.4) is 0 Å². The van der Waals surface area contributed by atoms with E-state index in [1.807, 2.05) is 27.7 Å². The molecule has 6 nitrogen and oxygen atoms in total. The van der Waals surface area contributed by atoms with Gasteiger partial charge in [-0.1, -0.05) is 6.42 Å². The third kappa shape index (κ3) is 5.03. The zero-order chi connectivity index (χ0) is 15.6. The van der Waals surface area contributed by atoms with Crippen molar-refractivity contribution < 1.29 is 13.2 Å². The van der Waals surface area contributed by atoms with Crippen molar-refractivity contribution >= 4 is 16.1 Å². The number of amides is 1. The molecule has 7 heteroatoms. The van der Waals surface area contributed by atoms with Gasteiger partial charge >= 0.3 is 0 Å². The first-order valence-electron chi connectivity index (χ1n) is 7.14. The van der Waals surface area contributed by atoms with Gasteiger partial charge in [-0.2, -0.15) is 17.4 Å². The summed E-state index contributed by atoms with van der Waals surface area (Å²) in [5.41, 5.74) is -0.380. The largest absolute Gasteiger partial charge is 0.350 e. The molecule has 2 N–H and O–H groups in total. The van der Waals surface area contributed by atoms with E-state index in [-0.39, 0.29) is 17.5 Å². The third-order valence-electron chi connectivity index (χ3n) is 3.27. The van der Waals surface area contributed by atoms with Crippen molar-refractivity contribution in [2.75, 3.05) is 6.54 Å². The molecule has 0 aromatic rings. The minimum absolute atomic E-state index is 0.0147. The maximum atomic E-state index is 12.3. The van der Waals surface area contributed by atoms with Crippen molar-refractivity contribution in [2.24, 2.45) is 0 Å². The second kappa shape index (κ2) is 6.41. The number of hydrogen-bond donors (Lipinski definition) is 2. The average molecular weight is 305 g/mol. The first kappa shape index (κ1) is 17.4. The van der Waals surface area contributed by atoms with Crippen molar-refractivity contribution in [3.63, 3.8) is 0 Å². The Morgan fingerprint density at radius 2 is 1.90 bits per heavy atom. The average Bonchev–Trinajstić information content (AvgIpc) is 2.26. The lowest BCUT2D eigenvalue weighted by Crippen LogP contribution is -2.55. The predicted octanol–water partition coefficient (Wildman–Crippen LogP) is 0.998. The molecule has 1 heterocycles. The van der Waals surface area contributed by atoms with Gasteiger partial charge in [-0.15, -0.1) is 0 Å². The molecule has 0 saturated carbocycles. The SMILES string of the molecule is C[C@@H]1CCCCN1S(=O)(=O)N[C@H](C)C(=O)NC(C)(C)C. The Kier molecular flexibility index (Phi) is 5.57. The standard InChI is InChI=1S/C13H27N3O3S/c1-10-8-6-7-9-16(10)20(18,19)15-11(2)12(17)14-13(3,4)5/h10-11,15H,6-9H2,1-5H3,(H,14,17)/t10-,11-/m1/s1. The number of piperidine rings is 1. The summed E-state index contributed by atoms with van der Waals surface area (Å²) in [6, 6.07) is -0.799. The Bertz CT molecular complexity index is 442. The lowest BCUT2D eigenvalue weighted by atomic mass is 10.1. The van der Waals surface area contributed by atoms with Crippen molar-refractivity contribution in [1.82, 2.24) is 14.3 Å². The van der Waals surface area contributed by atoms with E-state index >= 15 is 0 Å². The Morgan fingerprint density at radius 3 is 2.40 bits per heavy atom. The van der Waals surface area contributed by atoms with Gasteiger partial charge in [0, 0.05) is 18.1 Å². The van der Waals surface area contributed by atoms with E-state index in [0.29, 0.717) is 6.54 Å². The second-order valence-corrected chi connectivity index (χ2v) is 8.19. The second-order valence-electron chi connectivity index (χ2n) is 6.54. The topological polar surface area (TPSA) is 78.5 Å². The summed E-state index contributed by atoms with van der Waals surface area (Å²) >= 11 is 0. The van der Waals surface area contributed by atoms with E-state index in [2.05, 4.69) is 10.0 Å². The number of hydrogen-bond acceptors (Lipinski definition) is 3. The van der Waals surface area contributed by atoms with Gasteiger partial charge in [-0.05, 0) is 47.5 Å². The van der Waals surface area contributed by atoms with E-state index in [9.17, 15) is 13.2 Å². The molecule has 118 valence electrons. The third-order valence-corrected chi connectivity index (χ3v) is 5.08. The minimum atomic E-state index is -3.61. The van der Waals surface area contributed by atoms with Crippen LogP contribution < -0.4 is 10.0 Å². The van der Waals surface area contributed by atoms with Gasteiger partial charge in [0.15, 0.2) is 0 Å². The van der Waals surface area contributed by atoms with Crippen LogP contribution in [0.25, 0.3) is 0 Å². The molecule has 1 amide bonds. The van der Waals surface area contributed by atoms with Crippen molar-refractivity contribution in [1.29, 1.82) is 0 Å². The van der Waals surface area contributed by atoms with Crippen LogP contribution >= 0.6 is 0 Å². The molecule has 1 aliphatic heterocycles. The molecule has 0 radical (unpaired) electrons. The molecule has 1 saturated heterocycles. The van der Waals surface area contributed by atoms with Crippen LogP contribution in [0.2, 0.25) is 0 Å². The predicted molar refractivity (Wildman–Crippen MR) is 79.4 cm³/mol. The van der Waals surface area contributed by atoms with Crippen molar-refractivity contribution in [3.05, 3.63) is 0 Å². The molecule has 1 rings (SSSR count). The first-order valence-corrected chi connectivity index (χ1v) is 8.58. The number of carbonyl (C=O) groups excluding carboxylic acids is 1. The van der Waals surface area contributed by atoms with Gasteiger partial charge < -0.3 is 5.32 Å². The van der Waals surface area contributed by atoms with Crippen LogP contribution in [0.1, 0.15) is 53.9 Å². The molecule has 0 aromatic carbocycles. The monoisotopic (exact) mass is 305 g/mol. The molecule has 20 heavy (non-hydrogen) atoms. The van der Waals surface area contributed by atoms with Gasteiger partial charge in [0.05, 0.1) is 6.04 Å². The number of carbonyl (C=O) groups is 1. The molecule has 2 atom stereocenters. The maximum absolute atomic E-state index is 12.3. The summed E-state index contributed by atoms with van der Waals surface area (Å²) in [5, 5.41) is 2.77. The summed E-state index contributed by atoms with van der Waals surface area (Å²) in [6.07, 6.45) is 2.78. The summed E-state index contributed by atoms with van der Waals surface area (Å²) < 4.78 is 28.5. The van der Waals surface area contributed by atoms with Crippen LogP contribution in [-0.2, 0) is 15.0 Å². The molecule has 1 fully saturated rings. The van der Waals surface area contributed by atoms with Crippen LogP contribution in [0.5, 0.6) is 0 Å². The molecule has 0 unspecified atom stereocenters. The van der Waals surface area contributed by atoms with E-state index in [1.165, 1.54) is 4.31 Å². The van der Waals surface area contributed by atoms with Crippen LogP contribution in [0.4, 0.5) is 0 Å². The van der Waals surface area contributed by atoms with Crippen LogP contribution in [-0.4, -0.2) is 42.8 Å².